The standard InChI is InChI=1S/C10H13NSi/c1-12(2,3)10-7-5-4-6-9(10)8-11/h4-7H,1-3H3. The molecule has 0 spiro atoms. The molecule has 2 heteroatoms. The quantitative estimate of drug-likeness (QED) is 0.600. The van der Waals surface area contributed by atoms with E-state index in [1.54, 1.807) is 0 Å². The molecule has 0 atom stereocenters. The molecule has 1 aromatic carbocycles. The van der Waals surface area contributed by atoms with Gasteiger partial charge in [-0.2, -0.15) is 5.26 Å². The maximum atomic E-state index is 8.85. The first kappa shape index (κ1) is 9.02. The second-order valence-corrected chi connectivity index (χ2v) is 8.95. The molecule has 0 N–H and O–H groups in total. The molecule has 0 saturated carbocycles. The number of rotatable bonds is 1. The van der Waals surface area contributed by atoms with Crippen molar-refractivity contribution in [3.63, 3.8) is 0 Å². The van der Waals surface area contributed by atoms with E-state index in [-0.39, 0.29) is 0 Å². The summed E-state index contributed by atoms with van der Waals surface area (Å²) in [6.45, 7) is 6.76. The molecule has 1 nitrogen and oxygen atoms in total. The Morgan fingerprint density at radius 3 is 2.17 bits per heavy atom. The zero-order chi connectivity index (χ0) is 9.19. The molecule has 0 saturated heterocycles. The zero-order valence-corrected chi connectivity index (χ0v) is 8.76. The van der Waals surface area contributed by atoms with Gasteiger partial charge in [-0.1, -0.05) is 37.8 Å². The molecule has 0 radical (unpaired) electrons. The predicted molar refractivity (Wildman–Crippen MR) is 54.1 cm³/mol. The number of nitriles is 1. The third kappa shape index (κ3) is 1.75. The Balaban J connectivity index is 3.26. The SMILES string of the molecule is C[Si](C)(C)c1ccccc1C#N. The van der Waals surface area contributed by atoms with E-state index in [1.165, 1.54) is 5.19 Å². The molecule has 1 rings (SSSR count). The van der Waals surface area contributed by atoms with Crippen LogP contribution in [0.4, 0.5) is 0 Å². The summed E-state index contributed by atoms with van der Waals surface area (Å²) in [4.78, 5) is 0. The highest BCUT2D eigenvalue weighted by molar-refractivity contribution is 6.89. The summed E-state index contributed by atoms with van der Waals surface area (Å²) in [5.41, 5.74) is 0.844. The van der Waals surface area contributed by atoms with Gasteiger partial charge in [-0.05, 0) is 11.3 Å². The fraction of sp³-hybridized carbons (Fsp3) is 0.300. The van der Waals surface area contributed by atoms with E-state index in [9.17, 15) is 0 Å². The van der Waals surface area contributed by atoms with Crippen molar-refractivity contribution in [2.24, 2.45) is 0 Å². The number of hydrogen-bond acceptors (Lipinski definition) is 1. The Labute approximate surface area is 74.7 Å². The van der Waals surface area contributed by atoms with Gasteiger partial charge in [0.15, 0.2) is 0 Å². The van der Waals surface area contributed by atoms with Gasteiger partial charge < -0.3 is 0 Å². The fourth-order valence-electron chi connectivity index (χ4n) is 1.23. The largest absolute Gasteiger partial charge is 0.192 e. The van der Waals surface area contributed by atoms with Crippen LogP contribution in [0.25, 0.3) is 0 Å². The van der Waals surface area contributed by atoms with Gasteiger partial charge in [0.05, 0.1) is 19.7 Å². The smallest absolute Gasteiger partial charge is 0.0990 e. The Hall–Kier alpha value is -1.07. The molecule has 0 bridgehead atoms. The van der Waals surface area contributed by atoms with Gasteiger partial charge in [-0.25, -0.2) is 0 Å². The Morgan fingerprint density at radius 2 is 1.75 bits per heavy atom. The highest BCUT2D eigenvalue weighted by Gasteiger charge is 2.19. The molecule has 0 aliphatic carbocycles. The average molecular weight is 175 g/mol. The van der Waals surface area contributed by atoms with Crippen molar-refractivity contribution in [3.05, 3.63) is 29.8 Å². The average Bonchev–Trinajstić information content (AvgIpc) is 2.03. The molecular weight excluding hydrogens is 162 g/mol. The van der Waals surface area contributed by atoms with E-state index in [4.69, 9.17) is 5.26 Å². The van der Waals surface area contributed by atoms with Crippen molar-refractivity contribution in [1.82, 2.24) is 0 Å². The first-order valence-corrected chi connectivity index (χ1v) is 7.55. The molecule has 12 heavy (non-hydrogen) atoms. The van der Waals surface area contributed by atoms with E-state index >= 15 is 0 Å². The topological polar surface area (TPSA) is 23.8 Å². The van der Waals surface area contributed by atoms with E-state index in [0.717, 1.165) is 5.56 Å². The molecule has 0 unspecified atom stereocenters. The minimum Gasteiger partial charge on any atom is -0.192 e. The third-order valence-electron chi connectivity index (χ3n) is 1.86. The predicted octanol–water partition coefficient (Wildman–Crippen LogP) is 2.10. The van der Waals surface area contributed by atoms with Gasteiger partial charge in [-0.15, -0.1) is 0 Å². The first-order valence-electron chi connectivity index (χ1n) is 4.05. The maximum Gasteiger partial charge on any atom is 0.0990 e. The van der Waals surface area contributed by atoms with Gasteiger partial charge in [0.25, 0.3) is 0 Å². The third-order valence-corrected chi connectivity index (χ3v) is 3.91. The lowest BCUT2D eigenvalue weighted by molar-refractivity contribution is 1.49. The van der Waals surface area contributed by atoms with Gasteiger partial charge in [0.1, 0.15) is 0 Å². The van der Waals surface area contributed by atoms with Gasteiger partial charge >= 0.3 is 0 Å². The van der Waals surface area contributed by atoms with Crippen LogP contribution in [0.5, 0.6) is 0 Å². The van der Waals surface area contributed by atoms with E-state index in [0.29, 0.717) is 0 Å². The summed E-state index contributed by atoms with van der Waals surface area (Å²) in [7, 11) is -1.32. The van der Waals surface area contributed by atoms with Crippen LogP contribution in [0.3, 0.4) is 0 Å². The summed E-state index contributed by atoms with van der Waals surface area (Å²) >= 11 is 0. The highest BCUT2D eigenvalue weighted by atomic mass is 28.3. The minimum absolute atomic E-state index is 0.844. The molecule has 0 heterocycles. The van der Waals surface area contributed by atoms with Crippen LogP contribution in [0.1, 0.15) is 5.56 Å². The Kier molecular flexibility index (Phi) is 2.34. The molecule has 0 aliphatic heterocycles. The van der Waals surface area contributed by atoms with Crippen LogP contribution in [0.15, 0.2) is 24.3 Å². The fourth-order valence-corrected chi connectivity index (χ4v) is 2.78. The van der Waals surface area contributed by atoms with Crippen molar-refractivity contribution >= 4 is 13.3 Å². The lowest BCUT2D eigenvalue weighted by Crippen LogP contribution is -2.39. The van der Waals surface area contributed by atoms with E-state index in [2.05, 4.69) is 31.8 Å². The molecule has 0 amide bonds. The summed E-state index contributed by atoms with van der Waals surface area (Å²) in [6, 6.07) is 10.1. The number of hydrogen-bond donors (Lipinski definition) is 0. The van der Waals surface area contributed by atoms with Gasteiger partial charge in [0.2, 0.25) is 0 Å². The summed E-state index contributed by atoms with van der Waals surface area (Å²) in [5, 5.41) is 10.1. The molecular formula is C10H13NSi. The van der Waals surface area contributed by atoms with Crippen molar-refractivity contribution in [2.75, 3.05) is 0 Å². The Bertz CT molecular complexity index is 317. The molecule has 62 valence electrons. The summed E-state index contributed by atoms with van der Waals surface area (Å²) in [6.07, 6.45) is 0. The lowest BCUT2D eigenvalue weighted by atomic mass is 10.2. The number of benzene rings is 1. The second kappa shape index (κ2) is 3.12. The maximum absolute atomic E-state index is 8.85. The van der Waals surface area contributed by atoms with Crippen LogP contribution in [-0.2, 0) is 0 Å². The molecule has 0 aliphatic rings. The van der Waals surface area contributed by atoms with Gasteiger partial charge in [0, 0.05) is 0 Å². The van der Waals surface area contributed by atoms with Crippen LogP contribution in [-0.4, -0.2) is 8.07 Å². The summed E-state index contributed by atoms with van der Waals surface area (Å²) in [5.74, 6) is 0. The minimum atomic E-state index is -1.32. The molecule has 0 fully saturated rings. The van der Waals surface area contributed by atoms with Crippen LogP contribution in [0.2, 0.25) is 19.6 Å². The van der Waals surface area contributed by atoms with E-state index < -0.39 is 8.07 Å². The zero-order valence-electron chi connectivity index (χ0n) is 7.76. The van der Waals surface area contributed by atoms with E-state index in [1.807, 2.05) is 18.2 Å². The lowest BCUT2D eigenvalue weighted by Gasteiger charge is -2.17. The van der Waals surface area contributed by atoms with Crippen molar-refractivity contribution in [2.45, 2.75) is 19.6 Å². The molecule has 0 aromatic heterocycles. The Morgan fingerprint density at radius 1 is 1.17 bits per heavy atom. The van der Waals surface area contributed by atoms with Crippen LogP contribution >= 0.6 is 0 Å². The van der Waals surface area contributed by atoms with Crippen LogP contribution in [0, 0.1) is 11.3 Å². The van der Waals surface area contributed by atoms with Crippen molar-refractivity contribution in [3.8, 4) is 6.07 Å². The molecule has 1 aromatic rings. The van der Waals surface area contributed by atoms with Crippen molar-refractivity contribution in [1.29, 1.82) is 5.26 Å². The monoisotopic (exact) mass is 175 g/mol. The van der Waals surface area contributed by atoms with Crippen molar-refractivity contribution < 1.29 is 0 Å². The summed E-state index contributed by atoms with van der Waals surface area (Å²) < 4.78 is 0. The second-order valence-electron chi connectivity index (χ2n) is 3.91. The first-order chi connectivity index (χ1) is 5.55. The van der Waals surface area contributed by atoms with Crippen LogP contribution < -0.4 is 5.19 Å². The highest BCUT2D eigenvalue weighted by Crippen LogP contribution is 2.05. The van der Waals surface area contributed by atoms with Gasteiger partial charge in [-0.3, -0.25) is 0 Å². The normalized spacial score (nSPS) is 10.8. The number of nitrogens with zero attached hydrogens (tertiary/aromatic N) is 1.